The van der Waals surface area contributed by atoms with Crippen molar-refractivity contribution in [3.8, 4) is 11.5 Å². The van der Waals surface area contributed by atoms with Crippen molar-refractivity contribution in [2.75, 3.05) is 27.8 Å². The molecule has 0 unspecified atom stereocenters. The maximum absolute atomic E-state index is 12.5. The third kappa shape index (κ3) is 2.42. The van der Waals surface area contributed by atoms with Crippen molar-refractivity contribution in [3.63, 3.8) is 0 Å². The van der Waals surface area contributed by atoms with Crippen LogP contribution in [0.15, 0.2) is 40.8 Å². The van der Waals surface area contributed by atoms with Gasteiger partial charge in [-0.3, -0.25) is 4.79 Å². The Morgan fingerprint density at radius 2 is 1.92 bits per heavy atom. The highest BCUT2D eigenvalue weighted by molar-refractivity contribution is 6.15. The predicted octanol–water partition coefficient (Wildman–Crippen LogP) is 2.83. The maximum Gasteiger partial charge on any atom is 0.221 e. The quantitative estimate of drug-likeness (QED) is 0.877. The van der Waals surface area contributed by atoms with Gasteiger partial charge in [-0.15, -0.1) is 12.4 Å². The van der Waals surface area contributed by atoms with Crippen LogP contribution in [0.5, 0.6) is 11.5 Å². The van der Waals surface area contributed by atoms with E-state index in [0.29, 0.717) is 17.9 Å². The number of phenolic OH excluding ortho intramolecular Hbond substituents is 1. The first kappa shape index (κ1) is 17.4. The van der Waals surface area contributed by atoms with Crippen molar-refractivity contribution >= 4 is 23.8 Å². The van der Waals surface area contributed by atoms with Crippen LogP contribution >= 0.6 is 12.4 Å². The van der Waals surface area contributed by atoms with Crippen molar-refractivity contribution in [1.82, 2.24) is 4.90 Å². The van der Waals surface area contributed by atoms with E-state index in [-0.39, 0.29) is 23.9 Å². The Morgan fingerprint density at radius 1 is 1.16 bits per heavy atom. The van der Waals surface area contributed by atoms with Gasteiger partial charge in [-0.1, -0.05) is 0 Å². The SMILES string of the molecule is COC1=C2C3=C(Cc4cc(O)c(OC)cc42)N(C)CCC3=CC1=O.Cl. The van der Waals surface area contributed by atoms with Gasteiger partial charge in [0, 0.05) is 36.9 Å². The first-order chi connectivity index (χ1) is 11.5. The molecule has 0 spiro atoms. The number of ether oxygens (including phenoxy) is 2. The average Bonchev–Trinajstić information content (AvgIpc) is 2.57. The van der Waals surface area contributed by atoms with Crippen molar-refractivity contribution in [2.24, 2.45) is 0 Å². The molecule has 4 rings (SSSR count). The Labute approximate surface area is 152 Å². The minimum atomic E-state index is -0.102. The van der Waals surface area contributed by atoms with Crippen LogP contribution in [0.1, 0.15) is 17.5 Å². The molecular weight excluding hydrogens is 342 g/mol. The Morgan fingerprint density at radius 3 is 2.60 bits per heavy atom. The lowest BCUT2D eigenvalue weighted by atomic mass is 9.75. The Balaban J connectivity index is 0.00000182. The number of hydrogen-bond acceptors (Lipinski definition) is 5. The van der Waals surface area contributed by atoms with Crippen molar-refractivity contribution in [2.45, 2.75) is 12.8 Å². The van der Waals surface area contributed by atoms with E-state index in [1.807, 2.05) is 0 Å². The predicted molar refractivity (Wildman–Crippen MR) is 96.9 cm³/mol. The normalized spacial score (nSPS) is 18.3. The van der Waals surface area contributed by atoms with Gasteiger partial charge < -0.3 is 19.5 Å². The summed E-state index contributed by atoms with van der Waals surface area (Å²) >= 11 is 0. The molecular formula is C19H20ClNO4. The molecule has 2 aliphatic carbocycles. The molecule has 1 aromatic carbocycles. The number of halogens is 1. The van der Waals surface area contributed by atoms with E-state index >= 15 is 0 Å². The number of benzene rings is 1. The summed E-state index contributed by atoms with van der Waals surface area (Å²) in [5.74, 6) is 0.759. The smallest absolute Gasteiger partial charge is 0.221 e. The summed E-state index contributed by atoms with van der Waals surface area (Å²) < 4.78 is 10.7. The molecule has 0 amide bonds. The molecule has 1 aromatic rings. The second kappa shape index (κ2) is 6.15. The number of allylic oxidation sites excluding steroid dienone is 4. The Kier molecular flexibility index (Phi) is 4.29. The summed E-state index contributed by atoms with van der Waals surface area (Å²) in [6, 6.07) is 3.52. The summed E-state index contributed by atoms with van der Waals surface area (Å²) in [4.78, 5) is 14.7. The van der Waals surface area contributed by atoms with Gasteiger partial charge in [-0.2, -0.15) is 0 Å². The van der Waals surface area contributed by atoms with Gasteiger partial charge in [0.1, 0.15) is 0 Å². The molecule has 5 nitrogen and oxygen atoms in total. The highest BCUT2D eigenvalue weighted by Gasteiger charge is 2.37. The molecule has 132 valence electrons. The summed E-state index contributed by atoms with van der Waals surface area (Å²) in [6.45, 7) is 0.880. The lowest BCUT2D eigenvalue weighted by molar-refractivity contribution is -0.114. The van der Waals surface area contributed by atoms with Crippen LogP contribution in [0.3, 0.4) is 0 Å². The zero-order chi connectivity index (χ0) is 17.0. The maximum atomic E-state index is 12.5. The fourth-order valence-corrected chi connectivity index (χ4v) is 3.85. The van der Waals surface area contributed by atoms with E-state index in [9.17, 15) is 9.90 Å². The van der Waals surface area contributed by atoms with Crippen molar-refractivity contribution in [1.29, 1.82) is 0 Å². The second-order valence-corrected chi connectivity index (χ2v) is 6.29. The van der Waals surface area contributed by atoms with Gasteiger partial charge in [-0.25, -0.2) is 0 Å². The monoisotopic (exact) mass is 361 g/mol. The number of methoxy groups -OCH3 is 2. The average molecular weight is 362 g/mol. The van der Waals surface area contributed by atoms with Crippen LogP contribution < -0.4 is 4.74 Å². The lowest BCUT2D eigenvalue weighted by Gasteiger charge is -2.39. The molecule has 1 heterocycles. The number of phenols is 1. The molecule has 25 heavy (non-hydrogen) atoms. The number of ketones is 1. The molecule has 3 aliphatic rings. The van der Waals surface area contributed by atoms with Gasteiger partial charge in [0.15, 0.2) is 17.3 Å². The molecule has 0 aromatic heterocycles. The molecule has 0 atom stereocenters. The summed E-state index contributed by atoms with van der Waals surface area (Å²) in [5.41, 5.74) is 6.03. The van der Waals surface area contributed by atoms with Gasteiger partial charge in [0.05, 0.1) is 14.2 Å². The summed E-state index contributed by atoms with van der Waals surface area (Å²) in [6.07, 6.45) is 3.25. The Bertz CT molecular complexity index is 866. The lowest BCUT2D eigenvalue weighted by Crippen LogP contribution is -2.32. The zero-order valence-electron chi connectivity index (χ0n) is 14.4. The molecule has 1 aliphatic heterocycles. The molecule has 6 heteroatoms. The first-order valence-corrected chi connectivity index (χ1v) is 7.93. The van der Waals surface area contributed by atoms with Crippen molar-refractivity contribution in [3.05, 3.63) is 51.9 Å². The standard InChI is InChI=1S/C19H19NO4.ClH/c1-20-5-4-10-7-15(22)19(24-3)18-12-9-16(23-2)14(21)8-11(12)6-13(20)17(10)18;/h7-9,21H,4-6H2,1-3H3;1H. The first-order valence-electron chi connectivity index (χ1n) is 7.93. The molecule has 0 bridgehead atoms. The zero-order valence-corrected chi connectivity index (χ0v) is 15.2. The molecule has 1 N–H and O–H groups in total. The highest BCUT2D eigenvalue weighted by atomic mass is 35.5. The van der Waals surface area contributed by atoms with E-state index in [4.69, 9.17) is 9.47 Å². The number of rotatable bonds is 2. The largest absolute Gasteiger partial charge is 0.504 e. The van der Waals surface area contributed by atoms with Crippen LogP contribution in [-0.2, 0) is 16.0 Å². The van der Waals surface area contributed by atoms with Crippen LogP contribution in [0.4, 0.5) is 0 Å². The topological polar surface area (TPSA) is 59.0 Å². The molecule has 0 saturated heterocycles. The van der Waals surface area contributed by atoms with Crippen LogP contribution in [0.25, 0.3) is 5.57 Å². The van der Waals surface area contributed by atoms with E-state index in [0.717, 1.165) is 40.8 Å². The minimum absolute atomic E-state index is 0. The number of carbonyl (C=O) groups excluding carboxylic acids is 1. The molecule has 0 saturated carbocycles. The van der Waals surface area contributed by atoms with Crippen LogP contribution in [0, 0.1) is 0 Å². The van der Waals surface area contributed by atoms with E-state index in [1.54, 1.807) is 18.2 Å². The fraction of sp³-hybridized carbons (Fsp3) is 0.316. The van der Waals surface area contributed by atoms with Crippen LogP contribution in [0.2, 0.25) is 0 Å². The van der Waals surface area contributed by atoms with Crippen molar-refractivity contribution < 1.29 is 19.4 Å². The number of likely N-dealkylation sites (N-methyl/N-ethyl adjacent to an activating group) is 1. The van der Waals surface area contributed by atoms with Gasteiger partial charge in [0.2, 0.25) is 5.78 Å². The summed E-state index contributed by atoms with van der Waals surface area (Å²) in [5, 5.41) is 10.1. The molecule has 0 radical (unpaired) electrons. The van der Waals surface area contributed by atoms with E-state index in [2.05, 4.69) is 11.9 Å². The second-order valence-electron chi connectivity index (χ2n) is 6.29. The number of fused-ring (bicyclic) bond motifs is 2. The Hall–Kier alpha value is -2.40. The van der Waals surface area contributed by atoms with Crippen LogP contribution in [-0.4, -0.2) is 43.6 Å². The van der Waals surface area contributed by atoms with Gasteiger partial charge >= 0.3 is 0 Å². The van der Waals surface area contributed by atoms with Gasteiger partial charge in [0.25, 0.3) is 0 Å². The minimum Gasteiger partial charge on any atom is -0.504 e. The number of hydrogen-bond donors (Lipinski definition) is 1. The van der Waals surface area contributed by atoms with E-state index < -0.39 is 0 Å². The van der Waals surface area contributed by atoms with E-state index in [1.165, 1.54) is 19.9 Å². The number of nitrogens with zero attached hydrogens (tertiary/aromatic N) is 1. The fourth-order valence-electron chi connectivity index (χ4n) is 3.85. The third-order valence-corrected chi connectivity index (χ3v) is 5.03. The number of carbonyl (C=O) groups is 1. The third-order valence-electron chi connectivity index (χ3n) is 5.03. The summed E-state index contributed by atoms with van der Waals surface area (Å²) in [7, 11) is 5.11. The van der Waals surface area contributed by atoms with Gasteiger partial charge in [-0.05, 0) is 41.3 Å². The highest BCUT2D eigenvalue weighted by Crippen LogP contribution is 2.49. The number of aromatic hydroxyl groups is 1. The molecule has 0 fully saturated rings.